The molecule has 0 radical (unpaired) electrons. The number of hydrogen-bond donors (Lipinski definition) is 1. The maximum absolute atomic E-state index is 14.7. The summed E-state index contributed by atoms with van der Waals surface area (Å²) < 4.78 is 32.1. The highest BCUT2D eigenvalue weighted by atomic mass is 35.5. The Morgan fingerprint density at radius 3 is 2.65 bits per heavy atom. The third-order valence-electron chi connectivity index (χ3n) is 5.97. The molecule has 4 heterocycles. The lowest BCUT2D eigenvalue weighted by molar-refractivity contribution is -0.0234. The molecule has 0 saturated carbocycles. The fourth-order valence-electron chi connectivity index (χ4n) is 3.87. The third kappa shape index (κ3) is 4.91. The molecule has 2 fully saturated rings. The first-order valence-electron chi connectivity index (χ1n) is 11.1. The molecule has 178 valence electrons. The van der Waals surface area contributed by atoms with Gasteiger partial charge in [0.2, 0.25) is 5.88 Å². The van der Waals surface area contributed by atoms with Crippen LogP contribution in [0, 0.1) is 0 Å². The number of nitrogens with zero attached hydrogens (tertiary/aromatic N) is 3. The molecule has 2 aliphatic heterocycles. The average molecular weight is 487 g/mol. The highest BCUT2D eigenvalue weighted by Gasteiger charge is 2.32. The molecule has 0 amide bonds. The van der Waals surface area contributed by atoms with E-state index < -0.39 is 11.2 Å². The molecule has 3 aromatic rings. The van der Waals surface area contributed by atoms with Crippen LogP contribution < -0.4 is 15.6 Å². The van der Waals surface area contributed by atoms with Crippen molar-refractivity contribution in [2.24, 2.45) is 0 Å². The molecular weight excluding hydrogens is 463 g/mol. The highest BCUT2D eigenvalue weighted by molar-refractivity contribution is 6.32. The van der Waals surface area contributed by atoms with E-state index in [1.54, 1.807) is 12.1 Å². The molecule has 2 aromatic heterocycles. The first-order chi connectivity index (χ1) is 16.5. The SMILES string of the molecule is O=c1c(Cl)c(NC[C@@]2(F)CCCOC2)cnn1-c1ccc(Oc2ccc(C3COC3)cc2)nc1. The van der Waals surface area contributed by atoms with Crippen molar-refractivity contribution in [2.45, 2.75) is 24.4 Å². The van der Waals surface area contributed by atoms with Gasteiger partial charge < -0.3 is 19.5 Å². The summed E-state index contributed by atoms with van der Waals surface area (Å²) >= 11 is 6.26. The molecule has 8 nitrogen and oxygen atoms in total. The van der Waals surface area contributed by atoms with Crippen LogP contribution in [-0.2, 0) is 9.47 Å². The fraction of sp³-hybridized carbons (Fsp3) is 0.375. The number of anilines is 1. The molecule has 2 aliphatic rings. The Morgan fingerprint density at radius 1 is 1.18 bits per heavy atom. The molecule has 2 saturated heterocycles. The summed E-state index contributed by atoms with van der Waals surface area (Å²) in [7, 11) is 0. The Kier molecular flexibility index (Phi) is 6.49. The van der Waals surface area contributed by atoms with Crippen molar-refractivity contribution in [3.8, 4) is 17.3 Å². The van der Waals surface area contributed by atoms with Crippen LogP contribution in [-0.4, -0.2) is 53.4 Å². The maximum Gasteiger partial charge on any atom is 0.292 e. The predicted octanol–water partition coefficient (Wildman–Crippen LogP) is 4.12. The summed E-state index contributed by atoms with van der Waals surface area (Å²) in [6.07, 6.45) is 3.92. The minimum Gasteiger partial charge on any atom is -0.439 e. The number of ether oxygens (including phenoxy) is 3. The smallest absolute Gasteiger partial charge is 0.292 e. The van der Waals surface area contributed by atoms with Crippen LogP contribution in [0.15, 0.2) is 53.6 Å². The number of benzene rings is 1. The zero-order chi connectivity index (χ0) is 23.5. The minimum atomic E-state index is -1.50. The lowest BCUT2D eigenvalue weighted by Gasteiger charge is -2.29. The Hall–Kier alpha value is -3.01. The molecule has 0 spiro atoms. The number of pyridine rings is 1. The molecule has 1 N–H and O–H groups in total. The molecule has 1 aromatic carbocycles. The van der Waals surface area contributed by atoms with Gasteiger partial charge in [-0.3, -0.25) is 4.79 Å². The molecule has 0 bridgehead atoms. The van der Waals surface area contributed by atoms with E-state index in [9.17, 15) is 9.18 Å². The Morgan fingerprint density at radius 2 is 2.00 bits per heavy atom. The lowest BCUT2D eigenvalue weighted by Crippen LogP contribution is -2.40. The van der Waals surface area contributed by atoms with Crippen molar-refractivity contribution in [3.05, 3.63) is 69.7 Å². The fourth-order valence-corrected chi connectivity index (χ4v) is 4.06. The monoisotopic (exact) mass is 486 g/mol. The van der Waals surface area contributed by atoms with Crippen LogP contribution in [0.1, 0.15) is 24.3 Å². The molecular formula is C24H24ClFN4O4. The Balaban J connectivity index is 1.25. The molecule has 34 heavy (non-hydrogen) atoms. The van der Waals surface area contributed by atoms with Crippen LogP contribution in [0.5, 0.6) is 11.6 Å². The van der Waals surface area contributed by atoms with E-state index in [1.807, 2.05) is 24.3 Å². The lowest BCUT2D eigenvalue weighted by atomic mass is 9.98. The number of halogens is 2. The first-order valence-corrected chi connectivity index (χ1v) is 11.5. The molecule has 0 aliphatic carbocycles. The van der Waals surface area contributed by atoms with Crippen molar-refractivity contribution in [1.29, 1.82) is 0 Å². The van der Waals surface area contributed by atoms with Gasteiger partial charge in [-0.25, -0.2) is 9.37 Å². The number of hydrogen-bond acceptors (Lipinski definition) is 7. The molecule has 10 heteroatoms. The second-order valence-corrected chi connectivity index (χ2v) is 8.89. The van der Waals surface area contributed by atoms with Gasteiger partial charge in [0.05, 0.1) is 50.1 Å². The van der Waals surface area contributed by atoms with Crippen molar-refractivity contribution in [2.75, 3.05) is 38.3 Å². The van der Waals surface area contributed by atoms with E-state index >= 15 is 0 Å². The van der Waals surface area contributed by atoms with Crippen molar-refractivity contribution in [3.63, 3.8) is 0 Å². The van der Waals surface area contributed by atoms with Gasteiger partial charge >= 0.3 is 0 Å². The standard InChI is InChI=1S/C24H24ClFN4O4/c25-22-20(28-14-24(26)8-1-9-32-15-24)11-29-30(23(22)31)18-4-7-21(27-10-18)34-19-5-2-16(3-6-19)17-12-33-13-17/h2-7,10-11,17,28H,1,8-9,12-15H2/t24-/m0/s1. The van der Waals surface area contributed by atoms with Crippen molar-refractivity contribution >= 4 is 17.3 Å². The number of rotatable bonds is 7. The summed E-state index contributed by atoms with van der Waals surface area (Å²) in [6, 6.07) is 11.1. The van der Waals surface area contributed by atoms with Gasteiger partial charge in [-0.05, 0) is 36.6 Å². The highest BCUT2D eigenvalue weighted by Crippen LogP contribution is 2.28. The van der Waals surface area contributed by atoms with Gasteiger partial charge in [-0.1, -0.05) is 23.7 Å². The van der Waals surface area contributed by atoms with Gasteiger partial charge in [0.25, 0.3) is 5.56 Å². The largest absolute Gasteiger partial charge is 0.439 e. The third-order valence-corrected chi connectivity index (χ3v) is 6.33. The van der Waals surface area contributed by atoms with Crippen LogP contribution >= 0.6 is 11.6 Å². The van der Waals surface area contributed by atoms with Gasteiger partial charge in [0, 0.05) is 18.6 Å². The topological polar surface area (TPSA) is 87.5 Å². The van der Waals surface area contributed by atoms with Crippen LogP contribution in [0.4, 0.5) is 10.1 Å². The zero-order valence-corrected chi connectivity index (χ0v) is 19.1. The van der Waals surface area contributed by atoms with E-state index in [0.717, 1.165) is 17.9 Å². The van der Waals surface area contributed by atoms with Crippen LogP contribution in [0.25, 0.3) is 5.69 Å². The van der Waals surface area contributed by atoms with E-state index in [-0.39, 0.29) is 23.9 Å². The molecule has 5 rings (SSSR count). The average Bonchev–Trinajstić information content (AvgIpc) is 2.81. The van der Waals surface area contributed by atoms with E-state index in [4.69, 9.17) is 25.8 Å². The molecule has 0 unspecified atom stereocenters. The Labute approximate surface area is 200 Å². The van der Waals surface area contributed by atoms with Crippen molar-refractivity contribution in [1.82, 2.24) is 14.8 Å². The summed E-state index contributed by atoms with van der Waals surface area (Å²) in [6.45, 7) is 2.07. The van der Waals surface area contributed by atoms with Crippen molar-refractivity contribution < 1.29 is 18.6 Å². The quantitative estimate of drug-likeness (QED) is 0.537. The normalized spacial score (nSPS) is 20.5. The second-order valence-electron chi connectivity index (χ2n) is 8.51. The summed E-state index contributed by atoms with van der Waals surface area (Å²) in [5.74, 6) is 1.49. The number of aromatic nitrogens is 3. The predicted molar refractivity (Wildman–Crippen MR) is 125 cm³/mol. The van der Waals surface area contributed by atoms with Crippen LogP contribution in [0.2, 0.25) is 5.02 Å². The van der Waals surface area contributed by atoms with Gasteiger partial charge in [-0.15, -0.1) is 0 Å². The second kappa shape index (κ2) is 9.69. The summed E-state index contributed by atoms with van der Waals surface area (Å²) in [5, 5.41) is 6.98. The van der Waals surface area contributed by atoms with Crippen LogP contribution in [0.3, 0.4) is 0 Å². The van der Waals surface area contributed by atoms with E-state index in [2.05, 4.69) is 15.4 Å². The number of nitrogens with one attached hydrogen (secondary N) is 1. The zero-order valence-electron chi connectivity index (χ0n) is 18.4. The van der Waals surface area contributed by atoms with E-state index in [0.29, 0.717) is 42.7 Å². The number of alkyl halides is 1. The summed E-state index contributed by atoms with van der Waals surface area (Å²) in [5.41, 5.74) is -0.118. The minimum absolute atomic E-state index is 0.0130. The first kappa shape index (κ1) is 22.8. The van der Waals surface area contributed by atoms with Gasteiger partial charge in [0.1, 0.15) is 10.8 Å². The Bertz CT molecular complexity index is 1190. The van der Waals surface area contributed by atoms with E-state index in [1.165, 1.54) is 18.0 Å². The summed E-state index contributed by atoms with van der Waals surface area (Å²) in [4.78, 5) is 17.0. The molecule has 1 atom stereocenters. The van der Waals surface area contributed by atoms with Gasteiger partial charge in [0.15, 0.2) is 5.67 Å². The van der Waals surface area contributed by atoms with Gasteiger partial charge in [-0.2, -0.15) is 9.78 Å². The maximum atomic E-state index is 14.7.